The zero-order valence-corrected chi connectivity index (χ0v) is 25.6. The highest BCUT2D eigenvalue weighted by Gasteiger charge is 2.33. The third-order valence-electron chi connectivity index (χ3n) is 6.33. The van der Waals surface area contributed by atoms with Crippen molar-refractivity contribution in [2.75, 3.05) is 23.7 Å². The van der Waals surface area contributed by atoms with Crippen LogP contribution < -0.4 is 9.62 Å². The number of aryl methyl sites for hydroxylation is 1. The van der Waals surface area contributed by atoms with Crippen LogP contribution in [0.3, 0.4) is 0 Å². The first-order chi connectivity index (χ1) is 18.9. The Bertz CT molecular complexity index is 1430. The lowest BCUT2D eigenvalue weighted by Gasteiger charge is -2.34. The van der Waals surface area contributed by atoms with Crippen LogP contribution in [0.15, 0.2) is 66.7 Å². The fourth-order valence-corrected chi connectivity index (χ4v) is 5.66. The Hall–Kier alpha value is -2.78. The molecule has 0 saturated heterocycles. The number of hydrogen-bond donors (Lipinski definition) is 1. The summed E-state index contributed by atoms with van der Waals surface area (Å²) in [6, 6.07) is 18.0. The van der Waals surface area contributed by atoms with Gasteiger partial charge in [0.1, 0.15) is 12.6 Å². The van der Waals surface area contributed by atoms with Crippen LogP contribution in [0.5, 0.6) is 0 Å². The van der Waals surface area contributed by atoms with Gasteiger partial charge in [0, 0.05) is 40.1 Å². The quantitative estimate of drug-likeness (QED) is 0.272. The molecule has 3 aromatic carbocycles. The summed E-state index contributed by atoms with van der Waals surface area (Å²) in [5, 5.41) is 3.89. The van der Waals surface area contributed by atoms with E-state index in [1.54, 1.807) is 37.3 Å². The number of nitrogens with zero attached hydrogens (tertiary/aromatic N) is 2. The summed E-state index contributed by atoms with van der Waals surface area (Å²) in [5.41, 5.74) is 2.27. The molecular formula is C29H32Cl3N3O4S. The maximum Gasteiger partial charge on any atom is 0.244 e. The summed E-state index contributed by atoms with van der Waals surface area (Å²) in [5.74, 6) is -0.975. The van der Waals surface area contributed by atoms with E-state index in [1.165, 1.54) is 11.0 Å². The third kappa shape index (κ3) is 8.36. The molecule has 0 radical (unpaired) electrons. The summed E-state index contributed by atoms with van der Waals surface area (Å²) in [7, 11) is -3.91. The molecule has 0 aliphatic carbocycles. The monoisotopic (exact) mass is 623 g/mol. The smallest absolute Gasteiger partial charge is 0.244 e. The van der Waals surface area contributed by atoms with Crippen molar-refractivity contribution in [2.45, 2.75) is 39.3 Å². The Labute approximate surface area is 251 Å². The average molecular weight is 625 g/mol. The van der Waals surface area contributed by atoms with Gasteiger partial charge in [0.15, 0.2) is 0 Å². The topological polar surface area (TPSA) is 86.8 Å². The Kier molecular flexibility index (Phi) is 11.3. The van der Waals surface area contributed by atoms with E-state index in [4.69, 9.17) is 34.8 Å². The van der Waals surface area contributed by atoms with Crippen LogP contribution in [0, 0.1) is 6.92 Å². The van der Waals surface area contributed by atoms with Crippen molar-refractivity contribution in [2.24, 2.45) is 0 Å². The second-order valence-electron chi connectivity index (χ2n) is 9.42. The highest BCUT2D eigenvalue weighted by molar-refractivity contribution is 7.92. The van der Waals surface area contributed by atoms with Crippen molar-refractivity contribution in [3.8, 4) is 0 Å². The fourth-order valence-electron chi connectivity index (χ4n) is 4.12. The predicted molar refractivity (Wildman–Crippen MR) is 163 cm³/mol. The van der Waals surface area contributed by atoms with Crippen molar-refractivity contribution in [1.29, 1.82) is 0 Å². The molecule has 11 heteroatoms. The van der Waals surface area contributed by atoms with Crippen molar-refractivity contribution < 1.29 is 18.0 Å². The van der Waals surface area contributed by atoms with Crippen LogP contribution >= 0.6 is 34.8 Å². The number of carbonyl (C=O) groups is 2. The van der Waals surface area contributed by atoms with Gasteiger partial charge in [-0.25, -0.2) is 8.42 Å². The number of hydrogen-bond acceptors (Lipinski definition) is 4. The number of nitrogens with one attached hydrogen (secondary N) is 1. The molecule has 40 heavy (non-hydrogen) atoms. The van der Waals surface area contributed by atoms with E-state index in [-0.39, 0.29) is 24.6 Å². The zero-order valence-electron chi connectivity index (χ0n) is 22.5. The highest BCUT2D eigenvalue weighted by atomic mass is 35.5. The average Bonchev–Trinajstić information content (AvgIpc) is 2.90. The van der Waals surface area contributed by atoms with Crippen LogP contribution in [-0.4, -0.2) is 50.5 Å². The third-order valence-corrected chi connectivity index (χ3v) is 8.59. The second kappa shape index (κ2) is 14.2. The number of anilines is 1. The van der Waals surface area contributed by atoms with Crippen molar-refractivity contribution in [3.05, 3.63) is 98.5 Å². The van der Waals surface area contributed by atoms with E-state index in [1.807, 2.05) is 37.3 Å². The van der Waals surface area contributed by atoms with Gasteiger partial charge in [-0.3, -0.25) is 13.9 Å². The Morgan fingerprint density at radius 1 is 0.925 bits per heavy atom. The van der Waals surface area contributed by atoms with E-state index in [0.29, 0.717) is 33.6 Å². The van der Waals surface area contributed by atoms with Gasteiger partial charge in [-0.2, -0.15) is 0 Å². The Morgan fingerprint density at radius 3 is 2.15 bits per heavy atom. The van der Waals surface area contributed by atoms with Gasteiger partial charge in [0.05, 0.1) is 11.9 Å². The minimum atomic E-state index is -3.91. The molecule has 7 nitrogen and oxygen atoms in total. The van der Waals surface area contributed by atoms with Gasteiger partial charge in [-0.15, -0.1) is 0 Å². The minimum absolute atomic E-state index is 0.110. The van der Waals surface area contributed by atoms with Crippen LogP contribution in [0.2, 0.25) is 15.1 Å². The SMILES string of the molecule is CCCNC(=O)[C@@H](Cc1ccccc1)N(Cc1c(Cl)cccc1Cl)C(=O)CN(c1ccc(C)c(Cl)c1)S(C)(=O)=O. The molecule has 0 bridgehead atoms. The fraction of sp³-hybridized carbons (Fsp3) is 0.310. The predicted octanol–water partition coefficient (Wildman–Crippen LogP) is 5.89. The molecule has 0 fully saturated rings. The number of amides is 2. The van der Waals surface area contributed by atoms with Crippen LogP contribution in [0.4, 0.5) is 5.69 Å². The van der Waals surface area contributed by atoms with Gasteiger partial charge >= 0.3 is 0 Å². The van der Waals surface area contributed by atoms with Crippen molar-refractivity contribution >= 4 is 62.3 Å². The van der Waals surface area contributed by atoms with E-state index >= 15 is 0 Å². The zero-order chi connectivity index (χ0) is 29.4. The molecule has 0 aromatic heterocycles. The van der Waals surface area contributed by atoms with E-state index in [9.17, 15) is 18.0 Å². The summed E-state index contributed by atoms with van der Waals surface area (Å²) in [6.07, 6.45) is 1.91. The molecule has 0 aliphatic rings. The van der Waals surface area contributed by atoms with Crippen molar-refractivity contribution in [1.82, 2.24) is 10.2 Å². The number of halogens is 3. The summed E-state index contributed by atoms with van der Waals surface area (Å²) in [6.45, 7) is 3.46. The molecule has 214 valence electrons. The number of carbonyl (C=O) groups excluding carboxylic acids is 2. The molecule has 3 aromatic rings. The second-order valence-corrected chi connectivity index (χ2v) is 12.5. The number of benzene rings is 3. The molecule has 0 spiro atoms. The summed E-state index contributed by atoms with van der Waals surface area (Å²) < 4.78 is 26.7. The lowest BCUT2D eigenvalue weighted by molar-refractivity contribution is -0.140. The molecule has 2 amide bonds. The number of rotatable bonds is 12. The van der Waals surface area contributed by atoms with Crippen LogP contribution in [0.1, 0.15) is 30.0 Å². The Balaban J connectivity index is 2.10. The molecule has 0 aliphatic heterocycles. The van der Waals surface area contributed by atoms with E-state index in [0.717, 1.165) is 21.7 Å². The maximum absolute atomic E-state index is 14.1. The lowest BCUT2D eigenvalue weighted by Crippen LogP contribution is -2.53. The van der Waals surface area contributed by atoms with Gasteiger partial charge in [0.25, 0.3) is 0 Å². The van der Waals surface area contributed by atoms with Gasteiger partial charge in [-0.1, -0.05) is 84.2 Å². The molecule has 1 N–H and O–H groups in total. The highest BCUT2D eigenvalue weighted by Crippen LogP contribution is 2.29. The van der Waals surface area contributed by atoms with Crippen molar-refractivity contribution in [3.63, 3.8) is 0 Å². The van der Waals surface area contributed by atoms with Gasteiger partial charge in [-0.05, 0) is 48.7 Å². The van der Waals surface area contributed by atoms with Crippen LogP contribution in [0.25, 0.3) is 0 Å². The number of sulfonamides is 1. The molecule has 3 rings (SSSR count). The first-order valence-electron chi connectivity index (χ1n) is 12.7. The molecule has 0 heterocycles. The molecule has 1 atom stereocenters. The maximum atomic E-state index is 14.1. The van der Waals surface area contributed by atoms with Gasteiger partial charge in [0.2, 0.25) is 21.8 Å². The first kappa shape index (κ1) is 31.7. The largest absolute Gasteiger partial charge is 0.354 e. The van der Waals surface area contributed by atoms with E-state index < -0.39 is 28.5 Å². The Morgan fingerprint density at radius 2 is 1.57 bits per heavy atom. The molecule has 0 saturated carbocycles. The first-order valence-corrected chi connectivity index (χ1v) is 15.7. The minimum Gasteiger partial charge on any atom is -0.354 e. The molecular weight excluding hydrogens is 593 g/mol. The lowest BCUT2D eigenvalue weighted by atomic mass is 10.0. The van der Waals surface area contributed by atoms with Crippen LogP contribution in [-0.2, 0) is 32.6 Å². The summed E-state index contributed by atoms with van der Waals surface area (Å²) >= 11 is 19.2. The summed E-state index contributed by atoms with van der Waals surface area (Å²) in [4.78, 5) is 29.0. The standard InChI is InChI=1S/C29H32Cl3N3O4S/c1-4-15-33-29(37)27(16-21-9-6-5-7-10-21)34(18-23-24(30)11-8-12-25(23)31)28(36)19-35(40(3,38)39)22-14-13-20(2)26(32)17-22/h5-14,17,27H,4,15-16,18-19H2,1-3H3,(H,33,37)/t27-/m1/s1. The normalized spacial score (nSPS) is 12.1. The van der Waals surface area contributed by atoms with Gasteiger partial charge < -0.3 is 10.2 Å². The van der Waals surface area contributed by atoms with E-state index in [2.05, 4.69) is 5.32 Å². The molecule has 0 unspecified atom stereocenters.